The maximum Gasteiger partial charge on any atom is 0.319 e. The molecule has 2 aromatic carbocycles. The predicted molar refractivity (Wildman–Crippen MR) is 101 cm³/mol. The van der Waals surface area contributed by atoms with Crippen LogP contribution in [0, 0.1) is 0 Å². The molecule has 0 aliphatic carbocycles. The molecule has 0 saturated heterocycles. The monoisotopic (exact) mass is 357 g/mol. The smallest absolute Gasteiger partial charge is 0.319 e. The van der Waals surface area contributed by atoms with Crippen LogP contribution in [0.2, 0.25) is 0 Å². The molecule has 0 bridgehead atoms. The lowest BCUT2D eigenvalue weighted by Crippen LogP contribution is -2.30. The predicted octanol–water partition coefficient (Wildman–Crippen LogP) is 2.64. The van der Waals surface area contributed by atoms with Gasteiger partial charge in [0.25, 0.3) is 0 Å². The standard InChI is InChI=1S/C19H23N3O4/c1-25-13-18(23)21-15-7-9-16(10-8-15)22-19(24)20-12-11-14-5-3-4-6-17(14)26-2/h3-10H,11-13H2,1-2H3,(H,21,23)(H2,20,22,24). The third kappa shape index (κ3) is 6.10. The van der Waals surface area contributed by atoms with Gasteiger partial charge in [0.2, 0.25) is 5.91 Å². The van der Waals surface area contributed by atoms with Gasteiger partial charge in [0.15, 0.2) is 0 Å². The second-order valence-corrected chi connectivity index (χ2v) is 5.50. The van der Waals surface area contributed by atoms with Crippen molar-refractivity contribution in [3.63, 3.8) is 0 Å². The van der Waals surface area contributed by atoms with Gasteiger partial charge in [-0.2, -0.15) is 0 Å². The van der Waals surface area contributed by atoms with Crippen molar-refractivity contribution in [1.29, 1.82) is 0 Å². The highest BCUT2D eigenvalue weighted by Crippen LogP contribution is 2.17. The molecule has 0 aliphatic heterocycles. The number of hydrogen-bond donors (Lipinski definition) is 3. The van der Waals surface area contributed by atoms with Gasteiger partial charge >= 0.3 is 6.03 Å². The van der Waals surface area contributed by atoms with Gasteiger partial charge in [0.05, 0.1) is 7.11 Å². The first kappa shape index (κ1) is 19.3. The first-order chi connectivity index (χ1) is 12.6. The molecule has 138 valence electrons. The normalized spacial score (nSPS) is 10.1. The lowest BCUT2D eigenvalue weighted by atomic mass is 10.1. The Hall–Kier alpha value is -3.06. The Morgan fingerprint density at radius 2 is 1.58 bits per heavy atom. The van der Waals surface area contributed by atoms with E-state index in [1.165, 1.54) is 7.11 Å². The first-order valence-corrected chi connectivity index (χ1v) is 8.18. The van der Waals surface area contributed by atoms with Crippen LogP contribution in [0.25, 0.3) is 0 Å². The van der Waals surface area contributed by atoms with E-state index in [1.54, 1.807) is 31.4 Å². The van der Waals surface area contributed by atoms with Gasteiger partial charge in [-0.3, -0.25) is 4.79 Å². The van der Waals surface area contributed by atoms with Crippen LogP contribution in [0.4, 0.5) is 16.2 Å². The second kappa shape index (κ2) is 10.0. The molecule has 0 spiro atoms. The van der Waals surface area contributed by atoms with Crippen LogP contribution in [0.5, 0.6) is 5.75 Å². The summed E-state index contributed by atoms with van der Waals surface area (Å²) in [6.45, 7) is 0.478. The molecule has 0 fully saturated rings. The van der Waals surface area contributed by atoms with Crippen molar-refractivity contribution in [3.8, 4) is 5.75 Å². The fraction of sp³-hybridized carbons (Fsp3) is 0.263. The minimum atomic E-state index is -0.295. The van der Waals surface area contributed by atoms with E-state index in [2.05, 4.69) is 16.0 Å². The molecule has 0 heterocycles. The molecular formula is C19H23N3O4. The van der Waals surface area contributed by atoms with E-state index < -0.39 is 0 Å². The number of carbonyl (C=O) groups is 2. The quantitative estimate of drug-likeness (QED) is 0.678. The topological polar surface area (TPSA) is 88.7 Å². The van der Waals surface area contributed by atoms with Gasteiger partial charge in [-0.05, 0) is 42.3 Å². The second-order valence-electron chi connectivity index (χ2n) is 5.50. The number of benzene rings is 2. The maximum absolute atomic E-state index is 12.0. The van der Waals surface area contributed by atoms with Crippen molar-refractivity contribution >= 4 is 23.3 Å². The van der Waals surface area contributed by atoms with E-state index in [9.17, 15) is 9.59 Å². The number of ether oxygens (including phenoxy) is 2. The molecule has 0 radical (unpaired) electrons. The van der Waals surface area contributed by atoms with E-state index in [0.717, 1.165) is 11.3 Å². The number of anilines is 2. The molecule has 7 nitrogen and oxygen atoms in total. The molecule has 0 aromatic heterocycles. The number of rotatable bonds is 8. The molecule has 7 heteroatoms. The van der Waals surface area contributed by atoms with Gasteiger partial charge in [-0.1, -0.05) is 18.2 Å². The van der Waals surface area contributed by atoms with Crippen LogP contribution in [0.1, 0.15) is 5.56 Å². The summed E-state index contributed by atoms with van der Waals surface area (Å²) in [5.74, 6) is 0.572. The average molecular weight is 357 g/mol. The highest BCUT2D eigenvalue weighted by molar-refractivity contribution is 5.93. The lowest BCUT2D eigenvalue weighted by Gasteiger charge is -2.10. The lowest BCUT2D eigenvalue weighted by molar-refractivity contribution is -0.119. The van der Waals surface area contributed by atoms with Gasteiger partial charge < -0.3 is 25.4 Å². The van der Waals surface area contributed by atoms with Crippen LogP contribution < -0.4 is 20.7 Å². The average Bonchev–Trinajstić information content (AvgIpc) is 2.64. The molecule has 3 amide bonds. The van der Waals surface area contributed by atoms with Crippen molar-refractivity contribution in [2.24, 2.45) is 0 Å². The van der Waals surface area contributed by atoms with Crippen LogP contribution in [-0.2, 0) is 16.0 Å². The Balaban J connectivity index is 1.78. The molecule has 0 saturated carbocycles. The zero-order valence-corrected chi connectivity index (χ0v) is 14.9. The van der Waals surface area contributed by atoms with Gasteiger partial charge in [0, 0.05) is 25.0 Å². The number of nitrogens with one attached hydrogen (secondary N) is 3. The molecule has 3 N–H and O–H groups in total. The van der Waals surface area contributed by atoms with Gasteiger partial charge in [-0.15, -0.1) is 0 Å². The molecule has 2 aromatic rings. The third-order valence-corrected chi connectivity index (χ3v) is 3.57. The van der Waals surface area contributed by atoms with Crippen molar-refractivity contribution < 1.29 is 19.1 Å². The van der Waals surface area contributed by atoms with E-state index in [4.69, 9.17) is 9.47 Å². The fourth-order valence-electron chi connectivity index (χ4n) is 2.36. The molecule has 2 rings (SSSR count). The Morgan fingerprint density at radius 3 is 2.23 bits per heavy atom. The van der Waals surface area contributed by atoms with Crippen LogP contribution in [0.15, 0.2) is 48.5 Å². The number of carbonyl (C=O) groups excluding carboxylic acids is 2. The highest BCUT2D eigenvalue weighted by Gasteiger charge is 2.05. The third-order valence-electron chi connectivity index (χ3n) is 3.57. The summed E-state index contributed by atoms with van der Waals surface area (Å²) in [6.07, 6.45) is 0.669. The molecule has 0 aliphatic rings. The van der Waals surface area contributed by atoms with E-state index in [0.29, 0.717) is 24.3 Å². The van der Waals surface area contributed by atoms with E-state index >= 15 is 0 Å². The Bertz CT molecular complexity index is 732. The van der Waals surface area contributed by atoms with Crippen LogP contribution in [-0.4, -0.2) is 39.3 Å². The Labute approximate surface area is 152 Å². The Morgan fingerprint density at radius 1 is 0.923 bits per heavy atom. The SMILES string of the molecule is COCC(=O)Nc1ccc(NC(=O)NCCc2ccccc2OC)cc1. The number of urea groups is 1. The fourth-order valence-corrected chi connectivity index (χ4v) is 2.36. The highest BCUT2D eigenvalue weighted by atomic mass is 16.5. The number of amides is 3. The van der Waals surface area contributed by atoms with Crippen LogP contribution >= 0.6 is 0 Å². The maximum atomic E-state index is 12.0. The van der Waals surface area contributed by atoms with Gasteiger partial charge in [0.1, 0.15) is 12.4 Å². The van der Waals surface area contributed by atoms with E-state index in [-0.39, 0.29) is 18.5 Å². The molecular weight excluding hydrogens is 334 g/mol. The summed E-state index contributed by atoms with van der Waals surface area (Å²) in [5, 5.41) is 8.23. The van der Waals surface area contributed by atoms with Crippen molar-refractivity contribution in [3.05, 3.63) is 54.1 Å². The zero-order valence-electron chi connectivity index (χ0n) is 14.9. The minimum Gasteiger partial charge on any atom is -0.496 e. The summed E-state index contributed by atoms with van der Waals surface area (Å²) in [7, 11) is 3.08. The number of para-hydroxylation sites is 1. The summed E-state index contributed by atoms with van der Waals surface area (Å²) < 4.78 is 10.0. The molecule has 0 unspecified atom stereocenters. The van der Waals surface area contributed by atoms with Crippen molar-refractivity contribution in [2.75, 3.05) is 38.0 Å². The zero-order chi connectivity index (χ0) is 18.8. The molecule has 0 atom stereocenters. The van der Waals surface area contributed by atoms with E-state index in [1.807, 2.05) is 24.3 Å². The summed E-state index contributed by atoms with van der Waals surface area (Å²) >= 11 is 0. The van der Waals surface area contributed by atoms with Crippen molar-refractivity contribution in [1.82, 2.24) is 5.32 Å². The molecule has 26 heavy (non-hydrogen) atoms. The van der Waals surface area contributed by atoms with Crippen molar-refractivity contribution in [2.45, 2.75) is 6.42 Å². The van der Waals surface area contributed by atoms with Crippen LogP contribution in [0.3, 0.4) is 0 Å². The van der Waals surface area contributed by atoms with Gasteiger partial charge in [-0.25, -0.2) is 4.79 Å². The number of methoxy groups -OCH3 is 2. The summed E-state index contributed by atoms with van der Waals surface area (Å²) in [6, 6.07) is 14.2. The summed E-state index contributed by atoms with van der Waals surface area (Å²) in [4.78, 5) is 23.4. The summed E-state index contributed by atoms with van der Waals surface area (Å²) in [5.41, 5.74) is 2.30. The Kier molecular flexibility index (Phi) is 7.45. The first-order valence-electron chi connectivity index (χ1n) is 8.18. The minimum absolute atomic E-state index is 0.00535. The largest absolute Gasteiger partial charge is 0.496 e. The number of hydrogen-bond acceptors (Lipinski definition) is 4.